The fourth-order valence-corrected chi connectivity index (χ4v) is 3.77. The molecule has 0 spiro atoms. The molecule has 2 aromatic carbocycles. The smallest absolute Gasteiger partial charge is 0.243 e. The second kappa shape index (κ2) is 8.75. The monoisotopic (exact) mass is 463 g/mol. The highest BCUT2D eigenvalue weighted by molar-refractivity contribution is 9.10. The van der Waals surface area contributed by atoms with E-state index < -0.39 is 5.92 Å². The van der Waals surface area contributed by atoms with Gasteiger partial charge in [0.1, 0.15) is 0 Å². The minimum atomic E-state index is -0.522. The van der Waals surface area contributed by atoms with Gasteiger partial charge in [0, 0.05) is 23.1 Å². The van der Waals surface area contributed by atoms with Crippen molar-refractivity contribution < 1.29 is 14.4 Å². The van der Waals surface area contributed by atoms with Crippen LogP contribution in [0.2, 0.25) is 5.02 Å². The van der Waals surface area contributed by atoms with Gasteiger partial charge in [-0.25, -0.2) is 0 Å². The molecule has 1 heterocycles. The van der Waals surface area contributed by atoms with Crippen molar-refractivity contribution >= 4 is 56.6 Å². The van der Waals surface area contributed by atoms with Crippen molar-refractivity contribution in [1.29, 1.82) is 0 Å². The van der Waals surface area contributed by atoms with E-state index in [1.165, 1.54) is 4.90 Å². The summed E-state index contributed by atoms with van der Waals surface area (Å²) in [7, 11) is 0. The van der Waals surface area contributed by atoms with Gasteiger partial charge in [-0.1, -0.05) is 39.7 Å². The average Bonchev–Trinajstić information content (AvgIpc) is 3.04. The lowest BCUT2D eigenvalue weighted by molar-refractivity contribution is -0.127. The second-order valence-corrected chi connectivity index (χ2v) is 7.90. The SMILES string of the molecule is Cc1cc(Br)ccc1NC(=O)CNC(=O)[C@H]1CC(=O)N(c2ccccc2Cl)C1. The molecule has 146 valence electrons. The molecule has 1 aliphatic heterocycles. The Morgan fingerprint density at radius 3 is 2.71 bits per heavy atom. The van der Waals surface area contributed by atoms with Crippen LogP contribution in [0.4, 0.5) is 11.4 Å². The Labute approximate surface area is 176 Å². The average molecular weight is 465 g/mol. The quantitative estimate of drug-likeness (QED) is 0.711. The van der Waals surface area contributed by atoms with Crippen molar-refractivity contribution in [3.63, 3.8) is 0 Å². The van der Waals surface area contributed by atoms with Gasteiger partial charge < -0.3 is 15.5 Å². The van der Waals surface area contributed by atoms with Gasteiger partial charge in [0.05, 0.1) is 23.2 Å². The van der Waals surface area contributed by atoms with Crippen LogP contribution in [0.25, 0.3) is 0 Å². The number of carbonyl (C=O) groups excluding carboxylic acids is 3. The molecule has 1 aliphatic rings. The Hall–Kier alpha value is -2.38. The van der Waals surface area contributed by atoms with Crippen molar-refractivity contribution in [3.05, 3.63) is 57.5 Å². The summed E-state index contributed by atoms with van der Waals surface area (Å²) in [4.78, 5) is 38.3. The lowest BCUT2D eigenvalue weighted by atomic mass is 10.1. The lowest BCUT2D eigenvalue weighted by Gasteiger charge is -2.18. The predicted molar refractivity (Wildman–Crippen MR) is 112 cm³/mol. The molecule has 0 bridgehead atoms. The van der Waals surface area contributed by atoms with Gasteiger partial charge in [0.2, 0.25) is 17.7 Å². The van der Waals surface area contributed by atoms with Crippen molar-refractivity contribution in [2.24, 2.45) is 5.92 Å². The van der Waals surface area contributed by atoms with Crippen LogP contribution in [0, 0.1) is 12.8 Å². The Bertz CT molecular complexity index is 935. The van der Waals surface area contributed by atoms with E-state index in [9.17, 15) is 14.4 Å². The molecule has 3 amide bonds. The maximum atomic E-state index is 12.4. The highest BCUT2D eigenvalue weighted by Gasteiger charge is 2.35. The number of rotatable bonds is 5. The number of aryl methyl sites for hydroxylation is 1. The third-order valence-corrected chi connectivity index (χ3v) is 5.34. The third kappa shape index (κ3) is 4.72. The largest absolute Gasteiger partial charge is 0.347 e. The molecular formula is C20H19BrClN3O3. The molecule has 8 heteroatoms. The Kier molecular flexibility index (Phi) is 6.36. The van der Waals surface area contributed by atoms with Gasteiger partial charge in [-0.15, -0.1) is 0 Å². The lowest BCUT2D eigenvalue weighted by Crippen LogP contribution is -2.38. The van der Waals surface area contributed by atoms with Crippen LogP contribution in [0.3, 0.4) is 0 Å². The number of nitrogens with one attached hydrogen (secondary N) is 2. The van der Waals surface area contributed by atoms with E-state index in [1.807, 2.05) is 19.1 Å². The van der Waals surface area contributed by atoms with Crippen molar-refractivity contribution in [3.8, 4) is 0 Å². The molecule has 0 saturated carbocycles. The zero-order valence-corrected chi connectivity index (χ0v) is 17.5. The first kappa shape index (κ1) is 20.4. The summed E-state index contributed by atoms with van der Waals surface area (Å²) in [6, 6.07) is 12.5. The van der Waals surface area contributed by atoms with Crippen LogP contribution in [0.5, 0.6) is 0 Å². The molecule has 0 radical (unpaired) electrons. The van der Waals surface area contributed by atoms with E-state index in [2.05, 4.69) is 26.6 Å². The van der Waals surface area contributed by atoms with E-state index >= 15 is 0 Å². The summed E-state index contributed by atoms with van der Waals surface area (Å²) in [6.07, 6.45) is 0.0878. The minimum Gasteiger partial charge on any atom is -0.347 e. The zero-order valence-electron chi connectivity index (χ0n) is 15.2. The molecule has 0 aromatic heterocycles. The highest BCUT2D eigenvalue weighted by atomic mass is 79.9. The molecule has 28 heavy (non-hydrogen) atoms. The summed E-state index contributed by atoms with van der Waals surface area (Å²) >= 11 is 9.52. The molecular weight excluding hydrogens is 446 g/mol. The topological polar surface area (TPSA) is 78.5 Å². The molecule has 1 saturated heterocycles. The summed E-state index contributed by atoms with van der Waals surface area (Å²) < 4.78 is 0.922. The molecule has 6 nitrogen and oxygen atoms in total. The van der Waals surface area contributed by atoms with Gasteiger partial charge in [-0.2, -0.15) is 0 Å². The fourth-order valence-electron chi connectivity index (χ4n) is 3.06. The van der Waals surface area contributed by atoms with Gasteiger partial charge in [0.25, 0.3) is 0 Å². The molecule has 2 N–H and O–H groups in total. The van der Waals surface area contributed by atoms with Crippen molar-refractivity contribution in [2.75, 3.05) is 23.3 Å². The number of halogens is 2. The first-order valence-corrected chi connectivity index (χ1v) is 9.91. The first-order valence-electron chi connectivity index (χ1n) is 8.73. The van der Waals surface area contributed by atoms with Gasteiger partial charge in [-0.05, 0) is 42.8 Å². The van der Waals surface area contributed by atoms with Crippen LogP contribution in [-0.2, 0) is 14.4 Å². The van der Waals surface area contributed by atoms with E-state index in [0.717, 1.165) is 10.0 Å². The second-order valence-electron chi connectivity index (χ2n) is 6.58. The molecule has 1 atom stereocenters. The Balaban J connectivity index is 1.54. The summed E-state index contributed by atoms with van der Waals surface area (Å²) in [5.74, 6) is -1.34. The fraction of sp³-hybridized carbons (Fsp3) is 0.250. The van der Waals surface area contributed by atoms with E-state index in [4.69, 9.17) is 11.6 Å². The van der Waals surface area contributed by atoms with E-state index in [0.29, 0.717) is 16.4 Å². The molecule has 0 unspecified atom stereocenters. The van der Waals surface area contributed by atoms with E-state index in [1.54, 1.807) is 30.3 Å². The van der Waals surface area contributed by atoms with Crippen molar-refractivity contribution in [2.45, 2.75) is 13.3 Å². The Morgan fingerprint density at radius 2 is 2.00 bits per heavy atom. The van der Waals surface area contributed by atoms with Crippen LogP contribution in [-0.4, -0.2) is 30.8 Å². The maximum Gasteiger partial charge on any atom is 0.243 e. The number of hydrogen-bond acceptors (Lipinski definition) is 3. The number of benzene rings is 2. The maximum absolute atomic E-state index is 12.4. The normalized spacial score (nSPS) is 16.2. The van der Waals surface area contributed by atoms with Gasteiger partial charge >= 0.3 is 0 Å². The number of amides is 3. The molecule has 3 rings (SSSR count). The standard InChI is InChI=1S/C20H19BrClN3O3/c1-12-8-14(21)6-7-16(12)24-18(26)10-23-20(28)13-9-19(27)25(11-13)17-5-3-2-4-15(17)22/h2-8,13H,9-11H2,1H3,(H,23,28)(H,24,26)/t13-/m0/s1. The van der Waals surface area contributed by atoms with Crippen molar-refractivity contribution in [1.82, 2.24) is 5.32 Å². The zero-order chi connectivity index (χ0) is 20.3. The van der Waals surface area contributed by atoms with E-state index in [-0.39, 0.29) is 37.2 Å². The summed E-state index contributed by atoms with van der Waals surface area (Å²) in [6.45, 7) is 1.96. The Morgan fingerprint density at radius 1 is 1.25 bits per heavy atom. The van der Waals surface area contributed by atoms with Gasteiger partial charge in [-0.3, -0.25) is 14.4 Å². The molecule has 1 fully saturated rings. The third-order valence-electron chi connectivity index (χ3n) is 4.52. The minimum absolute atomic E-state index is 0.0878. The highest BCUT2D eigenvalue weighted by Crippen LogP contribution is 2.31. The van der Waals surface area contributed by atoms with Crippen LogP contribution in [0.1, 0.15) is 12.0 Å². The summed E-state index contributed by atoms with van der Waals surface area (Å²) in [5, 5.41) is 5.83. The number of nitrogens with zero attached hydrogens (tertiary/aromatic N) is 1. The predicted octanol–water partition coefficient (Wildman–Crippen LogP) is 3.52. The van der Waals surface area contributed by atoms with Gasteiger partial charge in [0.15, 0.2) is 0 Å². The first-order chi connectivity index (χ1) is 13.3. The van der Waals surface area contributed by atoms with Crippen LogP contribution < -0.4 is 15.5 Å². The number of anilines is 2. The number of hydrogen-bond donors (Lipinski definition) is 2. The number of para-hydroxylation sites is 1. The molecule has 2 aromatic rings. The summed E-state index contributed by atoms with van der Waals surface area (Å²) in [5.41, 5.74) is 2.18. The van der Waals surface area contributed by atoms with Crippen LogP contribution in [0.15, 0.2) is 46.9 Å². The number of carbonyl (C=O) groups is 3. The molecule has 0 aliphatic carbocycles. The van der Waals surface area contributed by atoms with Crippen LogP contribution >= 0.6 is 27.5 Å².